The molecule has 0 saturated carbocycles. The zero-order chi connectivity index (χ0) is 7.84. The van der Waals surface area contributed by atoms with Crippen LogP contribution in [0.15, 0.2) is 24.1 Å². The second-order valence-corrected chi connectivity index (χ2v) is 2.87. The van der Waals surface area contributed by atoms with Gasteiger partial charge in [0.15, 0.2) is 0 Å². The molecule has 2 unspecified atom stereocenters. The first-order valence-electron chi connectivity index (χ1n) is 3.60. The molecule has 0 bridgehead atoms. The van der Waals surface area contributed by atoms with Crippen LogP contribution in [-0.2, 0) is 4.79 Å². The molecule has 1 aliphatic heterocycles. The van der Waals surface area contributed by atoms with Gasteiger partial charge in [-0.1, -0.05) is 6.08 Å². The lowest BCUT2D eigenvalue weighted by molar-refractivity contribution is -0.119. The Balaban J connectivity index is 2.23. The molecule has 1 fully saturated rings. The fourth-order valence-electron chi connectivity index (χ4n) is 1.50. The van der Waals surface area contributed by atoms with E-state index in [4.69, 9.17) is 0 Å². The number of carbonyl (C=O) groups is 1. The van der Waals surface area contributed by atoms with Crippen LogP contribution in [0.1, 0.15) is 6.42 Å². The molecule has 0 aromatic rings. The summed E-state index contributed by atoms with van der Waals surface area (Å²) in [5, 5.41) is 2.74. The van der Waals surface area contributed by atoms with Crippen LogP contribution in [0.3, 0.4) is 0 Å². The van der Waals surface area contributed by atoms with Gasteiger partial charge in [-0.25, -0.2) is 4.39 Å². The molecule has 0 aromatic carbocycles. The van der Waals surface area contributed by atoms with Gasteiger partial charge < -0.3 is 5.32 Å². The van der Waals surface area contributed by atoms with E-state index in [2.05, 4.69) is 5.32 Å². The van der Waals surface area contributed by atoms with Crippen molar-refractivity contribution >= 4 is 5.91 Å². The summed E-state index contributed by atoms with van der Waals surface area (Å²) in [5.74, 6) is -0.189. The van der Waals surface area contributed by atoms with Gasteiger partial charge in [0.2, 0.25) is 5.91 Å². The molecule has 2 atom stereocenters. The standard InChI is InChI=1S/C8H8FNO/c9-6-1-2-7-5(3-6)4-8(11)10-7/h1-3,5,7H,4H2,(H,10,11). The summed E-state index contributed by atoms with van der Waals surface area (Å²) >= 11 is 0. The topological polar surface area (TPSA) is 29.1 Å². The maximum atomic E-state index is 12.6. The van der Waals surface area contributed by atoms with Gasteiger partial charge in [-0.2, -0.15) is 0 Å². The van der Waals surface area contributed by atoms with Crippen molar-refractivity contribution in [3.8, 4) is 0 Å². The summed E-state index contributed by atoms with van der Waals surface area (Å²) in [6.07, 6.45) is 5.02. The number of hydrogen-bond acceptors (Lipinski definition) is 1. The fraction of sp³-hybridized carbons (Fsp3) is 0.375. The summed E-state index contributed by atoms with van der Waals surface area (Å²) in [6, 6.07) is 0.0296. The molecule has 3 heteroatoms. The zero-order valence-corrected chi connectivity index (χ0v) is 5.88. The molecule has 1 amide bonds. The van der Waals surface area contributed by atoms with Crippen LogP contribution in [0, 0.1) is 5.92 Å². The number of nitrogens with one attached hydrogen (secondary N) is 1. The number of fused-ring (bicyclic) bond motifs is 1. The molecule has 11 heavy (non-hydrogen) atoms. The third-order valence-electron chi connectivity index (χ3n) is 2.05. The minimum Gasteiger partial charge on any atom is -0.349 e. The summed E-state index contributed by atoms with van der Waals surface area (Å²) in [5.41, 5.74) is 0. The molecule has 2 aliphatic rings. The van der Waals surface area contributed by atoms with Crippen LogP contribution in [0.4, 0.5) is 4.39 Å². The molecule has 1 N–H and O–H groups in total. The normalized spacial score (nSPS) is 34.6. The van der Waals surface area contributed by atoms with E-state index in [1.54, 1.807) is 6.08 Å². The zero-order valence-electron chi connectivity index (χ0n) is 5.88. The third kappa shape index (κ3) is 1.06. The molecule has 0 aromatic heterocycles. The van der Waals surface area contributed by atoms with E-state index in [0.717, 1.165) is 0 Å². The first kappa shape index (κ1) is 6.58. The number of carbonyl (C=O) groups excluding carboxylic acids is 1. The molecule has 1 saturated heterocycles. The molecular formula is C8H8FNO. The van der Waals surface area contributed by atoms with E-state index in [0.29, 0.717) is 6.42 Å². The van der Waals surface area contributed by atoms with Crippen molar-refractivity contribution in [1.82, 2.24) is 5.32 Å². The van der Waals surface area contributed by atoms with E-state index in [9.17, 15) is 9.18 Å². The number of hydrogen-bond donors (Lipinski definition) is 1. The lowest BCUT2D eigenvalue weighted by atomic mass is 9.96. The van der Waals surface area contributed by atoms with Crippen molar-refractivity contribution in [3.05, 3.63) is 24.1 Å². The fourth-order valence-corrected chi connectivity index (χ4v) is 1.50. The van der Waals surface area contributed by atoms with Crippen LogP contribution >= 0.6 is 0 Å². The minimum absolute atomic E-state index is 0.00981. The molecule has 1 aliphatic carbocycles. The quantitative estimate of drug-likeness (QED) is 0.550. The van der Waals surface area contributed by atoms with E-state index >= 15 is 0 Å². The predicted octanol–water partition coefficient (Wildman–Crippen LogP) is 0.914. The van der Waals surface area contributed by atoms with Gasteiger partial charge in [-0.05, 0) is 12.2 Å². The Morgan fingerprint density at radius 3 is 3.27 bits per heavy atom. The van der Waals surface area contributed by atoms with Crippen molar-refractivity contribution < 1.29 is 9.18 Å². The van der Waals surface area contributed by atoms with Gasteiger partial charge in [-0.15, -0.1) is 0 Å². The van der Waals surface area contributed by atoms with Gasteiger partial charge in [0.1, 0.15) is 5.83 Å². The number of amides is 1. The van der Waals surface area contributed by atoms with E-state index in [-0.39, 0.29) is 23.7 Å². The van der Waals surface area contributed by atoms with Gasteiger partial charge in [-0.3, -0.25) is 4.79 Å². The SMILES string of the molecule is O=C1CC2C=C(F)C=CC2N1. The van der Waals surface area contributed by atoms with Gasteiger partial charge in [0, 0.05) is 12.3 Å². The maximum absolute atomic E-state index is 12.6. The van der Waals surface area contributed by atoms with Crippen LogP contribution in [0.2, 0.25) is 0 Å². The Labute approximate surface area is 63.8 Å². The third-order valence-corrected chi connectivity index (χ3v) is 2.05. The first-order chi connectivity index (χ1) is 5.25. The van der Waals surface area contributed by atoms with Crippen molar-refractivity contribution in [2.75, 3.05) is 0 Å². The molecule has 2 nitrogen and oxygen atoms in total. The second kappa shape index (κ2) is 2.19. The molecule has 1 heterocycles. The Morgan fingerprint density at radius 2 is 2.45 bits per heavy atom. The van der Waals surface area contributed by atoms with Crippen LogP contribution in [-0.4, -0.2) is 11.9 Å². The largest absolute Gasteiger partial charge is 0.349 e. The highest BCUT2D eigenvalue weighted by molar-refractivity contribution is 5.80. The Hall–Kier alpha value is -1.12. The highest BCUT2D eigenvalue weighted by atomic mass is 19.1. The molecule has 58 valence electrons. The van der Waals surface area contributed by atoms with Crippen LogP contribution < -0.4 is 5.32 Å². The average molecular weight is 153 g/mol. The monoisotopic (exact) mass is 153 g/mol. The van der Waals surface area contributed by atoms with Crippen molar-refractivity contribution in [1.29, 1.82) is 0 Å². The number of rotatable bonds is 0. The average Bonchev–Trinajstić information content (AvgIpc) is 2.27. The van der Waals surface area contributed by atoms with Crippen molar-refractivity contribution in [2.45, 2.75) is 12.5 Å². The smallest absolute Gasteiger partial charge is 0.221 e. The Kier molecular flexibility index (Phi) is 1.31. The predicted molar refractivity (Wildman–Crippen MR) is 38.4 cm³/mol. The Morgan fingerprint density at radius 1 is 1.64 bits per heavy atom. The summed E-state index contributed by atoms with van der Waals surface area (Å²) < 4.78 is 12.6. The maximum Gasteiger partial charge on any atom is 0.221 e. The van der Waals surface area contributed by atoms with Crippen molar-refractivity contribution in [2.24, 2.45) is 5.92 Å². The van der Waals surface area contributed by atoms with E-state index < -0.39 is 0 Å². The van der Waals surface area contributed by atoms with E-state index in [1.807, 2.05) is 0 Å². The number of allylic oxidation sites excluding steroid dienone is 2. The lowest BCUT2D eigenvalue weighted by Gasteiger charge is -2.13. The summed E-state index contributed by atoms with van der Waals surface area (Å²) in [7, 11) is 0. The molecule has 2 rings (SSSR count). The highest BCUT2D eigenvalue weighted by Crippen LogP contribution is 2.25. The molecule has 0 spiro atoms. The van der Waals surface area contributed by atoms with Crippen LogP contribution in [0.25, 0.3) is 0 Å². The van der Waals surface area contributed by atoms with E-state index in [1.165, 1.54) is 12.2 Å². The highest BCUT2D eigenvalue weighted by Gasteiger charge is 2.30. The number of halogens is 1. The first-order valence-corrected chi connectivity index (χ1v) is 3.60. The molecule has 0 radical (unpaired) electrons. The van der Waals surface area contributed by atoms with Gasteiger partial charge >= 0.3 is 0 Å². The van der Waals surface area contributed by atoms with Crippen molar-refractivity contribution in [3.63, 3.8) is 0 Å². The van der Waals surface area contributed by atoms with Crippen LogP contribution in [0.5, 0.6) is 0 Å². The molecular weight excluding hydrogens is 145 g/mol. The Bertz CT molecular complexity index is 257. The second-order valence-electron chi connectivity index (χ2n) is 2.87. The van der Waals surface area contributed by atoms with Gasteiger partial charge in [0.25, 0.3) is 0 Å². The minimum atomic E-state index is -0.234. The summed E-state index contributed by atoms with van der Waals surface area (Å²) in [6.45, 7) is 0. The lowest BCUT2D eigenvalue weighted by Crippen LogP contribution is -2.27. The van der Waals surface area contributed by atoms with Gasteiger partial charge in [0.05, 0.1) is 6.04 Å². The summed E-state index contributed by atoms with van der Waals surface area (Å²) in [4.78, 5) is 10.8.